The molecular weight excluding hydrogens is 420 g/mol. The Kier molecular flexibility index (Phi) is 11.9. The Morgan fingerprint density at radius 1 is 0.606 bits per heavy atom. The second kappa shape index (κ2) is 12.4. The van der Waals surface area contributed by atoms with Gasteiger partial charge in [-0.25, -0.2) is 0 Å². The monoisotopic (exact) mass is 468 g/mol. The van der Waals surface area contributed by atoms with Crippen molar-refractivity contribution in [2.24, 2.45) is 5.41 Å². The first kappa shape index (κ1) is 31.7. The van der Waals surface area contributed by atoms with Gasteiger partial charge in [-0.3, -0.25) is 9.59 Å². The van der Waals surface area contributed by atoms with Crippen molar-refractivity contribution < 1.29 is 28.5 Å². The Labute approximate surface area is 202 Å². The molecule has 0 amide bonds. The molecule has 0 rings (SSSR count). The van der Waals surface area contributed by atoms with Gasteiger partial charge in [0.15, 0.2) is 11.6 Å². The predicted octanol–water partition coefficient (Wildman–Crippen LogP) is 5.48. The van der Waals surface area contributed by atoms with E-state index in [2.05, 4.69) is 27.0 Å². The molecule has 0 unspecified atom stereocenters. The van der Waals surface area contributed by atoms with Crippen LogP contribution < -0.4 is 0 Å². The third-order valence-corrected chi connectivity index (χ3v) is 5.60. The lowest BCUT2D eigenvalue weighted by molar-refractivity contribution is -0.143. The second-order valence-corrected chi connectivity index (χ2v) is 11.6. The molecule has 0 aliphatic heterocycles. The van der Waals surface area contributed by atoms with E-state index in [1.54, 1.807) is 27.7 Å². The number of hydrogen-bond donors (Lipinski definition) is 0. The van der Waals surface area contributed by atoms with Gasteiger partial charge >= 0.3 is 0 Å². The Morgan fingerprint density at radius 3 is 1.18 bits per heavy atom. The van der Waals surface area contributed by atoms with Gasteiger partial charge in [-0.2, -0.15) is 0 Å². The topological polar surface area (TPSA) is 71.1 Å². The summed E-state index contributed by atoms with van der Waals surface area (Å²) in [6.07, 6.45) is 3.89. The van der Waals surface area contributed by atoms with E-state index in [0.29, 0.717) is 39.3 Å². The van der Waals surface area contributed by atoms with Crippen molar-refractivity contribution in [2.75, 3.05) is 26.4 Å². The minimum Gasteiger partial charge on any atom is -0.375 e. The van der Waals surface area contributed by atoms with Crippen LogP contribution in [0.3, 0.4) is 0 Å². The van der Waals surface area contributed by atoms with E-state index in [-0.39, 0.29) is 17.0 Å². The highest BCUT2D eigenvalue weighted by molar-refractivity contribution is 5.96. The molecule has 0 atom stereocenters. The summed E-state index contributed by atoms with van der Waals surface area (Å²) >= 11 is 0. The Morgan fingerprint density at radius 2 is 0.909 bits per heavy atom. The van der Waals surface area contributed by atoms with E-state index in [9.17, 15) is 9.59 Å². The van der Waals surface area contributed by atoms with Gasteiger partial charge in [-0.05, 0) is 80.4 Å². The molecule has 0 aromatic heterocycles. The summed E-state index contributed by atoms with van der Waals surface area (Å²) in [5, 5.41) is 0. The molecule has 0 fully saturated rings. The highest BCUT2D eigenvalue weighted by Crippen LogP contribution is 2.26. The van der Waals surface area contributed by atoms with Crippen molar-refractivity contribution in [1.29, 1.82) is 0 Å². The maximum absolute atomic E-state index is 11.8. The average molecular weight is 469 g/mol. The summed E-state index contributed by atoms with van der Waals surface area (Å²) in [5.41, 5.74) is -2.77. The van der Waals surface area contributed by atoms with Crippen LogP contribution in [0.2, 0.25) is 0 Å². The number of carbonyl (C=O) groups excluding carboxylic acids is 2. The van der Waals surface area contributed by atoms with Crippen molar-refractivity contribution in [3.05, 3.63) is 25.3 Å². The molecule has 0 aromatic rings. The minimum absolute atomic E-state index is 0.136. The number of carbonyl (C=O) groups is 2. The van der Waals surface area contributed by atoms with Crippen LogP contribution >= 0.6 is 0 Å². The summed E-state index contributed by atoms with van der Waals surface area (Å²) in [6, 6.07) is 0. The third kappa shape index (κ3) is 12.6. The van der Waals surface area contributed by atoms with Crippen LogP contribution in [0.1, 0.15) is 82.1 Å². The van der Waals surface area contributed by atoms with Gasteiger partial charge in [0.25, 0.3) is 0 Å². The molecule has 0 N–H and O–H groups in total. The van der Waals surface area contributed by atoms with Crippen molar-refractivity contribution in [1.82, 2.24) is 0 Å². The summed E-state index contributed by atoms with van der Waals surface area (Å²) in [5.74, 6) is -0.272. The Bertz CT molecular complexity index is 614. The van der Waals surface area contributed by atoms with E-state index in [1.807, 2.05) is 27.7 Å². The first-order valence-corrected chi connectivity index (χ1v) is 11.7. The molecule has 0 spiro atoms. The molecule has 0 radical (unpaired) electrons. The lowest BCUT2D eigenvalue weighted by Crippen LogP contribution is -2.39. The molecule has 192 valence electrons. The van der Waals surface area contributed by atoms with Gasteiger partial charge in [0, 0.05) is 5.41 Å². The van der Waals surface area contributed by atoms with Gasteiger partial charge in [-0.1, -0.05) is 27.0 Å². The zero-order valence-corrected chi connectivity index (χ0v) is 22.8. The van der Waals surface area contributed by atoms with E-state index in [1.165, 1.54) is 12.2 Å². The van der Waals surface area contributed by atoms with Crippen molar-refractivity contribution in [2.45, 2.75) is 104 Å². The van der Waals surface area contributed by atoms with Crippen LogP contribution in [-0.2, 0) is 28.5 Å². The van der Waals surface area contributed by atoms with E-state index < -0.39 is 22.4 Å². The number of ether oxygens (including phenoxy) is 4. The molecule has 0 bridgehead atoms. The SMILES string of the molecule is C=CC(=O)C(C)(C)OCCC(C)(C)OCC(C)(C)COC(C)(C)CCOC(C)(C)C(=O)C=C. The Hall–Kier alpha value is -1.34. The largest absolute Gasteiger partial charge is 0.375 e. The minimum atomic E-state index is -0.881. The van der Waals surface area contributed by atoms with Gasteiger partial charge in [-0.15, -0.1) is 0 Å². The zero-order chi connectivity index (χ0) is 26.1. The molecule has 0 saturated heterocycles. The van der Waals surface area contributed by atoms with Gasteiger partial charge < -0.3 is 18.9 Å². The third-order valence-electron chi connectivity index (χ3n) is 5.60. The predicted molar refractivity (Wildman–Crippen MR) is 134 cm³/mol. The van der Waals surface area contributed by atoms with Crippen LogP contribution in [0.5, 0.6) is 0 Å². The number of ketones is 2. The fourth-order valence-corrected chi connectivity index (χ4v) is 2.71. The van der Waals surface area contributed by atoms with Crippen LogP contribution in [0.25, 0.3) is 0 Å². The molecule has 0 saturated carbocycles. The summed E-state index contributed by atoms with van der Waals surface area (Å²) in [6.45, 7) is 28.2. The van der Waals surface area contributed by atoms with Crippen molar-refractivity contribution in [3.63, 3.8) is 0 Å². The maximum Gasteiger partial charge on any atom is 0.186 e. The molecule has 0 aromatic carbocycles. The maximum atomic E-state index is 11.8. The first-order valence-electron chi connectivity index (χ1n) is 11.7. The normalized spacial score (nSPS) is 13.6. The quantitative estimate of drug-likeness (QED) is 0.248. The van der Waals surface area contributed by atoms with Crippen molar-refractivity contribution in [3.8, 4) is 0 Å². The van der Waals surface area contributed by atoms with Crippen molar-refractivity contribution >= 4 is 11.6 Å². The highest BCUT2D eigenvalue weighted by Gasteiger charge is 2.31. The second-order valence-electron chi connectivity index (χ2n) is 11.6. The molecule has 33 heavy (non-hydrogen) atoms. The van der Waals surface area contributed by atoms with Crippen LogP contribution in [0.15, 0.2) is 25.3 Å². The molecule has 0 aliphatic carbocycles. The van der Waals surface area contributed by atoms with Gasteiger partial charge in [0.05, 0.1) is 37.6 Å². The fourth-order valence-electron chi connectivity index (χ4n) is 2.71. The summed E-state index contributed by atoms with van der Waals surface area (Å²) < 4.78 is 23.9. The molecular formula is C27H48O6. The van der Waals surface area contributed by atoms with Crippen LogP contribution in [0.4, 0.5) is 0 Å². The zero-order valence-electron chi connectivity index (χ0n) is 22.8. The number of rotatable bonds is 18. The van der Waals surface area contributed by atoms with E-state index in [4.69, 9.17) is 18.9 Å². The molecule has 6 nitrogen and oxygen atoms in total. The van der Waals surface area contributed by atoms with Gasteiger partial charge in [0.2, 0.25) is 0 Å². The fraction of sp³-hybridized carbons (Fsp3) is 0.778. The Balaban J connectivity index is 4.54. The van der Waals surface area contributed by atoms with Crippen LogP contribution in [0, 0.1) is 5.41 Å². The smallest absolute Gasteiger partial charge is 0.186 e. The van der Waals surface area contributed by atoms with E-state index >= 15 is 0 Å². The average Bonchev–Trinajstić information content (AvgIpc) is 2.69. The lowest BCUT2D eigenvalue weighted by Gasteiger charge is -2.35. The first-order chi connectivity index (χ1) is 14.8. The van der Waals surface area contributed by atoms with Gasteiger partial charge in [0.1, 0.15) is 11.2 Å². The highest BCUT2D eigenvalue weighted by atomic mass is 16.5. The van der Waals surface area contributed by atoms with Crippen LogP contribution in [-0.4, -0.2) is 60.4 Å². The summed E-state index contributed by atoms with van der Waals surface area (Å²) in [7, 11) is 0. The molecule has 6 heteroatoms. The summed E-state index contributed by atoms with van der Waals surface area (Å²) in [4.78, 5) is 23.7. The number of hydrogen-bond acceptors (Lipinski definition) is 6. The molecule has 0 heterocycles. The lowest BCUT2D eigenvalue weighted by atomic mass is 9.94. The molecule has 0 aliphatic rings. The van der Waals surface area contributed by atoms with E-state index in [0.717, 1.165) is 0 Å². The standard InChI is InChI=1S/C27H48O6/c1-13-21(28)26(9,10)30-17-15-24(5,6)32-19-23(3,4)20-33-25(7,8)16-18-31-27(11,12)22(29)14-2/h13-14H,1-2,15-20H2,3-12H3.